The van der Waals surface area contributed by atoms with E-state index in [0.717, 1.165) is 9.35 Å². The summed E-state index contributed by atoms with van der Waals surface area (Å²) in [6, 6.07) is 3.43. The van der Waals surface area contributed by atoms with Crippen LogP contribution in [0.5, 0.6) is 0 Å². The van der Waals surface area contributed by atoms with E-state index < -0.39 is 0 Å². The average Bonchev–Trinajstić information content (AvgIpc) is 2.75. The number of hydrogen-bond acceptors (Lipinski definition) is 3. The molecule has 2 aromatic heterocycles. The SMILES string of the molecule is O=C(NCc1sccc1Br)c1cnc(Cl)c(Cl)c1. The summed E-state index contributed by atoms with van der Waals surface area (Å²) in [7, 11) is 0. The van der Waals surface area contributed by atoms with Crippen LogP contribution < -0.4 is 5.32 Å². The molecule has 0 saturated carbocycles. The van der Waals surface area contributed by atoms with E-state index in [1.807, 2.05) is 11.4 Å². The molecule has 0 fully saturated rings. The van der Waals surface area contributed by atoms with Crippen LogP contribution in [0.3, 0.4) is 0 Å². The number of halogens is 3. The highest BCUT2D eigenvalue weighted by atomic mass is 79.9. The predicted molar refractivity (Wildman–Crippen MR) is 77.4 cm³/mol. The number of nitrogens with one attached hydrogen (secondary N) is 1. The van der Waals surface area contributed by atoms with Gasteiger partial charge >= 0.3 is 0 Å². The van der Waals surface area contributed by atoms with Gasteiger partial charge in [-0.15, -0.1) is 11.3 Å². The molecule has 2 heterocycles. The molecule has 0 unspecified atom stereocenters. The lowest BCUT2D eigenvalue weighted by atomic mass is 10.2. The quantitative estimate of drug-likeness (QED) is 0.830. The molecule has 0 aliphatic heterocycles. The Morgan fingerprint density at radius 3 is 2.89 bits per heavy atom. The van der Waals surface area contributed by atoms with Crippen molar-refractivity contribution in [2.24, 2.45) is 0 Å². The number of thiophene rings is 1. The maximum absolute atomic E-state index is 11.9. The van der Waals surface area contributed by atoms with Crippen LogP contribution in [0.1, 0.15) is 15.2 Å². The van der Waals surface area contributed by atoms with Gasteiger partial charge in [0, 0.05) is 15.5 Å². The molecule has 0 atom stereocenters. The van der Waals surface area contributed by atoms with Gasteiger partial charge in [0.25, 0.3) is 5.91 Å². The Bertz CT molecular complexity index is 588. The summed E-state index contributed by atoms with van der Waals surface area (Å²) in [4.78, 5) is 16.7. The molecular formula is C11H7BrCl2N2OS. The van der Waals surface area contributed by atoms with Gasteiger partial charge in [0.2, 0.25) is 0 Å². The van der Waals surface area contributed by atoms with Gasteiger partial charge in [-0.2, -0.15) is 0 Å². The van der Waals surface area contributed by atoms with Gasteiger partial charge in [-0.05, 0) is 33.4 Å². The Morgan fingerprint density at radius 1 is 1.50 bits per heavy atom. The van der Waals surface area contributed by atoms with Gasteiger partial charge in [-0.3, -0.25) is 4.79 Å². The topological polar surface area (TPSA) is 42.0 Å². The zero-order chi connectivity index (χ0) is 13.1. The minimum Gasteiger partial charge on any atom is -0.347 e. The number of carbonyl (C=O) groups excluding carboxylic acids is 1. The fourth-order valence-corrected chi connectivity index (χ4v) is 2.96. The summed E-state index contributed by atoms with van der Waals surface area (Å²) in [6.45, 7) is 0.456. The van der Waals surface area contributed by atoms with Gasteiger partial charge in [0.15, 0.2) is 0 Å². The fourth-order valence-electron chi connectivity index (χ4n) is 1.26. The molecule has 0 bridgehead atoms. The summed E-state index contributed by atoms with van der Waals surface area (Å²) < 4.78 is 0.986. The smallest absolute Gasteiger partial charge is 0.253 e. The summed E-state index contributed by atoms with van der Waals surface area (Å²) in [5, 5.41) is 5.19. The highest BCUT2D eigenvalue weighted by Crippen LogP contribution is 2.23. The van der Waals surface area contributed by atoms with Crippen molar-refractivity contribution in [3.8, 4) is 0 Å². The number of carbonyl (C=O) groups is 1. The van der Waals surface area contributed by atoms with Gasteiger partial charge in [0.1, 0.15) is 5.15 Å². The summed E-state index contributed by atoms with van der Waals surface area (Å²) >= 11 is 16.5. The Kier molecular flexibility index (Phi) is 4.61. The zero-order valence-electron chi connectivity index (χ0n) is 8.91. The van der Waals surface area contributed by atoms with E-state index in [1.54, 1.807) is 11.3 Å². The van der Waals surface area contributed by atoms with Crippen molar-refractivity contribution in [2.75, 3.05) is 0 Å². The molecule has 94 valence electrons. The average molecular weight is 366 g/mol. The molecule has 3 nitrogen and oxygen atoms in total. The monoisotopic (exact) mass is 364 g/mol. The predicted octanol–water partition coefficient (Wildman–Crippen LogP) is 4.14. The number of nitrogens with zero attached hydrogens (tertiary/aromatic N) is 1. The number of aromatic nitrogens is 1. The first-order chi connectivity index (χ1) is 8.58. The number of amides is 1. The molecule has 0 saturated heterocycles. The third-order valence-corrected chi connectivity index (χ3v) is 4.77. The molecular weight excluding hydrogens is 359 g/mol. The molecule has 2 rings (SSSR count). The molecule has 0 radical (unpaired) electrons. The fraction of sp³-hybridized carbons (Fsp3) is 0.0909. The lowest BCUT2D eigenvalue weighted by Gasteiger charge is -2.05. The molecule has 1 amide bonds. The number of pyridine rings is 1. The third kappa shape index (κ3) is 3.23. The van der Waals surface area contributed by atoms with Crippen molar-refractivity contribution in [3.63, 3.8) is 0 Å². The molecule has 0 spiro atoms. The van der Waals surface area contributed by atoms with Gasteiger partial charge < -0.3 is 5.32 Å². The molecule has 1 N–H and O–H groups in total. The zero-order valence-corrected chi connectivity index (χ0v) is 12.8. The Balaban J connectivity index is 2.04. The molecule has 2 aromatic rings. The third-order valence-electron chi connectivity index (χ3n) is 2.16. The van der Waals surface area contributed by atoms with Crippen LogP contribution in [0.2, 0.25) is 10.2 Å². The van der Waals surface area contributed by atoms with E-state index in [0.29, 0.717) is 12.1 Å². The van der Waals surface area contributed by atoms with Crippen LogP contribution in [0.15, 0.2) is 28.2 Å². The van der Waals surface area contributed by atoms with Gasteiger partial charge in [-0.1, -0.05) is 23.2 Å². The lowest BCUT2D eigenvalue weighted by molar-refractivity contribution is 0.0951. The van der Waals surface area contributed by atoms with E-state index in [4.69, 9.17) is 23.2 Å². The maximum Gasteiger partial charge on any atom is 0.253 e. The van der Waals surface area contributed by atoms with Gasteiger partial charge in [-0.25, -0.2) is 4.98 Å². The van der Waals surface area contributed by atoms with Crippen molar-refractivity contribution in [3.05, 3.63) is 48.8 Å². The molecule has 0 aromatic carbocycles. The first-order valence-corrected chi connectivity index (χ1v) is 7.32. The van der Waals surface area contributed by atoms with Gasteiger partial charge in [0.05, 0.1) is 17.1 Å². The second-order valence-electron chi connectivity index (χ2n) is 3.37. The van der Waals surface area contributed by atoms with E-state index in [2.05, 4.69) is 26.2 Å². The van der Waals surface area contributed by atoms with Crippen molar-refractivity contribution in [2.45, 2.75) is 6.54 Å². The van der Waals surface area contributed by atoms with Crippen LogP contribution >= 0.6 is 50.5 Å². The standard InChI is InChI=1S/C11H7BrCl2N2OS/c12-7-1-2-18-9(7)5-16-11(17)6-3-8(13)10(14)15-4-6/h1-4H,5H2,(H,16,17). The van der Waals surface area contributed by atoms with E-state index in [-0.39, 0.29) is 16.1 Å². The van der Waals surface area contributed by atoms with E-state index in [9.17, 15) is 4.79 Å². The first kappa shape index (κ1) is 13.8. The normalized spacial score (nSPS) is 10.4. The summed E-state index contributed by atoms with van der Waals surface area (Å²) in [5.41, 5.74) is 0.386. The van der Waals surface area contributed by atoms with Crippen molar-refractivity contribution >= 4 is 56.4 Å². The van der Waals surface area contributed by atoms with Crippen LogP contribution in [0.4, 0.5) is 0 Å². The van der Waals surface area contributed by atoms with Crippen LogP contribution in [0, 0.1) is 0 Å². The van der Waals surface area contributed by atoms with Crippen LogP contribution in [-0.4, -0.2) is 10.9 Å². The largest absolute Gasteiger partial charge is 0.347 e. The molecule has 18 heavy (non-hydrogen) atoms. The van der Waals surface area contributed by atoms with Crippen molar-refractivity contribution in [1.82, 2.24) is 10.3 Å². The lowest BCUT2D eigenvalue weighted by Crippen LogP contribution is -2.22. The van der Waals surface area contributed by atoms with Crippen molar-refractivity contribution < 1.29 is 4.79 Å². The summed E-state index contributed by atoms with van der Waals surface area (Å²) in [5.74, 6) is -0.235. The second-order valence-corrected chi connectivity index (χ2v) is 5.99. The Hall–Kier alpha value is -0.620. The number of rotatable bonds is 3. The van der Waals surface area contributed by atoms with Crippen LogP contribution in [0.25, 0.3) is 0 Å². The second kappa shape index (κ2) is 6.02. The van der Waals surface area contributed by atoms with Crippen LogP contribution in [-0.2, 0) is 6.54 Å². The molecule has 7 heteroatoms. The minimum atomic E-state index is -0.235. The number of hydrogen-bond donors (Lipinski definition) is 1. The van der Waals surface area contributed by atoms with E-state index in [1.165, 1.54) is 12.3 Å². The minimum absolute atomic E-state index is 0.189. The molecule has 0 aliphatic rings. The first-order valence-electron chi connectivity index (χ1n) is 4.89. The highest BCUT2D eigenvalue weighted by molar-refractivity contribution is 9.10. The Labute approximate surface area is 126 Å². The highest BCUT2D eigenvalue weighted by Gasteiger charge is 2.10. The van der Waals surface area contributed by atoms with Crippen molar-refractivity contribution in [1.29, 1.82) is 0 Å². The summed E-state index contributed by atoms with van der Waals surface area (Å²) in [6.07, 6.45) is 1.40. The molecule has 0 aliphatic carbocycles. The van der Waals surface area contributed by atoms with E-state index >= 15 is 0 Å². The Morgan fingerprint density at radius 2 is 2.28 bits per heavy atom. The maximum atomic E-state index is 11.9.